The minimum Gasteiger partial charge on any atom is -0.492 e. The number of ether oxygens (including phenoxy) is 1. The molecule has 1 fully saturated rings. The van der Waals surface area contributed by atoms with Gasteiger partial charge in [0, 0.05) is 19.1 Å². The Balaban J connectivity index is 1.76. The Morgan fingerprint density at radius 2 is 2.21 bits per heavy atom. The Hall–Kier alpha value is -1.06. The Kier molecular flexibility index (Phi) is 4.83. The summed E-state index contributed by atoms with van der Waals surface area (Å²) in [4.78, 5) is 0. The van der Waals surface area contributed by atoms with E-state index in [0.717, 1.165) is 32.0 Å². The highest BCUT2D eigenvalue weighted by Gasteiger charge is 2.14. The van der Waals surface area contributed by atoms with E-state index in [-0.39, 0.29) is 5.41 Å². The van der Waals surface area contributed by atoms with E-state index < -0.39 is 0 Å². The summed E-state index contributed by atoms with van der Waals surface area (Å²) in [6.45, 7) is 10.5. The fourth-order valence-electron chi connectivity index (χ4n) is 2.31. The maximum atomic E-state index is 5.82. The van der Waals surface area contributed by atoms with Gasteiger partial charge in [-0.3, -0.25) is 0 Å². The average Bonchev–Trinajstić information content (AvgIpc) is 2.87. The van der Waals surface area contributed by atoms with Crippen LogP contribution >= 0.6 is 0 Å². The fourth-order valence-corrected chi connectivity index (χ4v) is 2.31. The van der Waals surface area contributed by atoms with Crippen LogP contribution in [0.15, 0.2) is 24.3 Å². The first-order valence-corrected chi connectivity index (χ1v) is 7.23. The quantitative estimate of drug-likeness (QED) is 0.799. The standard InChI is InChI=1S/C16H26N2O/c1-16(2,3)13-5-4-6-15(11-13)19-10-9-18-14-7-8-17-12-14/h4-6,11,14,17-18H,7-10,12H2,1-3H3. The molecule has 0 bridgehead atoms. The molecule has 2 rings (SSSR count). The Morgan fingerprint density at radius 1 is 1.37 bits per heavy atom. The summed E-state index contributed by atoms with van der Waals surface area (Å²) in [7, 11) is 0. The molecule has 1 aromatic rings. The highest BCUT2D eigenvalue weighted by molar-refractivity contribution is 5.32. The summed E-state index contributed by atoms with van der Waals surface area (Å²) in [6, 6.07) is 9.03. The molecule has 1 atom stereocenters. The molecule has 2 N–H and O–H groups in total. The van der Waals surface area contributed by atoms with Gasteiger partial charge in [0.1, 0.15) is 12.4 Å². The first-order valence-electron chi connectivity index (χ1n) is 7.23. The SMILES string of the molecule is CC(C)(C)c1cccc(OCCNC2CCNC2)c1. The van der Waals surface area contributed by atoms with Crippen LogP contribution in [0.3, 0.4) is 0 Å². The van der Waals surface area contributed by atoms with E-state index >= 15 is 0 Å². The molecular weight excluding hydrogens is 236 g/mol. The first-order chi connectivity index (χ1) is 9.05. The smallest absolute Gasteiger partial charge is 0.119 e. The van der Waals surface area contributed by atoms with Crippen molar-refractivity contribution in [2.45, 2.75) is 38.6 Å². The van der Waals surface area contributed by atoms with Gasteiger partial charge in [0.25, 0.3) is 0 Å². The van der Waals surface area contributed by atoms with Crippen LogP contribution in [0.4, 0.5) is 0 Å². The summed E-state index contributed by atoms with van der Waals surface area (Å²) in [5, 5.41) is 6.86. The van der Waals surface area contributed by atoms with Crippen LogP contribution in [-0.2, 0) is 5.41 Å². The second kappa shape index (κ2) is 6.40. The van der Waals surface area contributed by atoms with Crippen molar-refractivity contribution in [2.24, 2.45) is 0 Å². The van der Waals surface area contributed by atoms with Crippen LogP contribution in [0.2, 0.25) is 0 Å². The summed E-state index contributed by atoms with van der Waals surface area (Å²) in [5.41, 5.74) is 1.49. The normalized spacial score (nSPS) is 19.6. The van der Waals surface area contributed by atoms with Gasteiger partial charge in [-0.1, -0.05) is 32.9 Å². The predicted octanol–water partition coefficient (Wildman–Crippen LogP) is 2.31. The minimum atomic E-state index is 0.174. The van der Waals surface area contributed by atoms with Gasteiger partial charge in [0.15, 0.2) is 0 Å². The van der Waals surface area contributed by atoms with Crippen molar-refractivity contribution in [1.82, 2.24) is 10.6 Å². The van der Waals surface area contributed by atoms with E-state index in [4.69, 9.17) is 4.74 Å². The molecule has 0 spiro atoms. The maximum Gasteiger partial charge on any atom is 0.119 e. The fraction of sp³-hybridized carbons (Fsp3) is 0.625. The third-order valence-corrected chi connectivity index (χ3v) is 3.56. The Bertz CT molecular complexity index is 392. The molecule has 0 aromatic heterocycles. The molecule has 1 aromatic carbocycles. The van der Waals surface area contributed by atoms with Crippen LogP contribution in [0.5, 0.6) is 5.75 Å². The van der Waals surface area contributed by atoms with Gasteiger partial charge in [-0.05, 0) is 36.1 Å². The van der Waals surface area contributed by atoms with Gasteiger partial charge in [0.2, 0.25) is 0 Å². The van der Waals surface area contributed by atoms with Crippen LogP contribution < -0.4 is 15.4 Å². The Labute approximate surface area is 116 Å². The van der Waals surface area contributed by atoms with Crippen molar-refractivity contribution in [3.63, 3.8) is 0 Å². The zero-order valence-corrected chi connectivity index (χ0v) is 12.3. The molecule has 106 valence electrons. The van der Waals surface area contributed by atoms with Crippen LogP contribution in [0, 0.1) is 0 Å². The molecule has 19 heavy (non-hydrogen) atoms. The summed E-state index contributed by atoms with van der Waals surface area (Å²) in [6.07, 6.45) is 1.22. The van der Waals surface area contributed by atoms with Crippen molar-refractivity contribution in [1.29, 1.82) is 0 Å². The lowest BCUT2D eigenvalue weighted by Crippen LogP contribution is -2.34. The molecule has 1 aliphatic rings. The van der Waals surface area contributed by atoms with Gasteiger partial charge in [0.05, 0.1) is 0 Å². The average molecular weight is 262 g/mol. The molecule has 1 saturated heterocycles. The van der Waals surface area contributed by atoms with Crippen molar-refractivity contribution < 1.29 is 4.74 Å². The van der Waals surface area contributed by atoms with E-state index in [2.05, 4.69) is 49.6 Å². The van der Waals surface area contributed by atoms with E-state index in [1.807, 2.05) is 6.07 Å². The topological polar surface area (TPSA) is 33.3 Å². The molecule has 0 radical (unpaired) electrons. The third-order valence-electron chi connectivity index (χ3n) is 3.56. The van der Waals surface area contributed by atoms with Gasteiger partial charge in [-0.25, -0.2) is 0 Å². The molecule has 1 unspecified atom stereocenters. The Morgan fingerprint density at radius 3 is 2.89 bits per heavy atom. The number of hydrogen-bond donors (Lipinski definition) is 2. The van der Waals surface area contributed by atoms with Crippen molar-refractivity contribution in [3.05, 3.63) is 29.8 Å². The van der Waals surface area contributed by atoms with Crippen molar-refractivity contribution in [2.75, 3.05) is 26.2 Å². The van der Waals surface area contributed by atoms with Gasteiger partial charge in [-0.2, -0.15) is 0 Å². The second-order valence-electron chi connectivity index (χ2n) is 6.27. The van der Waals surface area contributed by atoms with E-state index in [0.29, 0.717) is 6.04 Å². The van der Waals surface area contributed by atoms with E-state index in [1.54, 1.807) is 0 Å². The number of hydrogen-bond acceptors (Lipinski definition) is 3. The summed E-state index contributed by atoms with van der Waals surface area (Å²) < 4.78 is 5.82. The summed E-state index contributed by atoms with van der Waals surface area (Å²) in [5.74, 6) is 0.971. The molecule has 1 heterocycles. The van der Waals surface area contributed by atoms with Gasteiger partial charge >= 0.3 is 0 Å². The lowest BCUT2D eigenvalue weighted by Gasteiger charge is -2.20. The number of nitrogens with one attached hydrogen (secondary N) is 2. The minimum absolute atomic E-state index is 0.174. The second-order valence-corrected chi connectivity index (χ2v) is 6.27. The van der Waals surface area contributed by atoms with Crippen molar-refractivity contribution in [3.8, 4) is 5.75 Å². The zero-order valence-electron chi connectivity index (χ0n) is 12.3. The lowest BCUT2D eigenvalue weighted by molar-refractivity contribution is 0.306. The number of benzene rings is 1. The third kappa shape index (κ3) is 4.51. The highest BCUT2D eigenvalue weighted by atomic mass is 16.5. The maximum absolute atomic E-state index is 5.82. The monoisotopic (exact) mass is 262 g/mol. The van der Waals surface area contributed by atoms with Crippen LogP contribution in [0.25, 0.3) is 0 Å². The molecule has 0 saturated carbocycles. The molecule has 0 amide bonds. The van der Waals surface area contributed by atoms with Crippen LogP contribution in [-0.4, -0.2) is 32.3 Å². The molecule has 3 heteroatoms. The molecule has 0 aliphatic carbocycles. The van der Waals surface area contributed by atoms with Crippen LogP contribution in [0.1, 0.15) is 32.8 Å². The van der Waals surface area contributed by atoms with Gasteiger partial charge in [-0.15, -0.1) is 0 Å². The summed E-state index contributed by atoms with van der Waals surface area (Å²) >= 11 is 0. The largest absolute Gasteiger partial charge is 0.492 e. The molecular formula is C16H26N2O. The number of rotatable bonds is 5. The first kappa shape index (κ1) is 14.4. The zero-order chi connectivity index (χ0) is 13.7. The lowest BCUT2D eigenvalue weighted by atomic mass is 9.87. The van der Waals surface area contributed by atoms with Gasteiger partial charge < -0.3 is 15.4 Å². The highest BCUT2D eigenvalue weighted by Crippen LogP contribution is 2.25. The van der Waals surface area contributed by atoms with E-state index in [9.17, 15) is 0 Å². The predicted molar refractivity (Wildman–Crippen MR) is 79.9 cm³/mol. The van der Waals surface area contributed by atoms with Crippen molar-refractivity contribution >= 4 is 0 Å². The molecule has 3 nitrogen and oxygen atoms in total. The van der Waals surface area contributed by atoms with E-state index in [1.165, 1.54) is 12.0 Å². The molecule has 1 aliphatic heterocycles.